The molecule has 2 fully saturated rings. The van der Waals surface area contributed by atoms with Gasteiger partial charge in [-0.25, -0.2) is 0 Å². The van der Waals surface area contributed by atoms with E-state index in [1.807, 2.05) is 30.3 Å². The van der Waals surface area contributed by atoms with Gasteiger partial charge in [0.2, 0.25) is 5.91 Å². The molecule has 0 aliphatic carbocycles. The lowest BCUT2D eigenvalue weighted by Gasteiger charge is -2.31. The van der Waals surface area contributed by atoms with Gasteiger partial charge in [0, 0.05) is 52.5 Å². The summed E-state index contributed by atoms with van der Waals surface area (Å²) in [5.41, 5.74) is 2.98. The lowest BCUT2D eigenvalue weighted by molar-refractivity contribution is -0.121. The molecule has 0 bridgehead atoms. The highest BCUT2D eigenvalue weighted by Gasteiger charge is 2.26. The summed E-state index contributed by atoms with van der Waals surface area (Å²) in [5, 5.41) is 4.48. The van der Waals surface area contributed by atoms with Gasteiger partial charge in [0.1, 0.15) is 0 Å². The number of morpholine rings is 1. The van der Waals surface area contributed by atoms with Crippen molar-refractivity contribution in [1.82, 2.24) is 4.90 Å². The summed E-state index contributed by atoms with van der Waals surface area (Å²) < 4.78 is 5.40. The Labute approximate surface area is 187 Å². The predicted octanol–water partition coefficient (Wildman–Crippen LogP) is 4.68. The first kappa shape index (κ1) is 21.4. The van der Waals surface area contributed by atoms with Gasteiger partial charge in [0.05, 0.1) is 13.2 Å². The third-order valence-electron chi connectivity index (χ3n) is 5.91. The summed E-state index contributed by atoms with van der Waals surface area (Å²) in [6.45, 7) is 5.77. The summed E-state index contributed by atoms with van der Waals surface area (Å²) in [4.78, 5) is 17.3. The van der Waals surface area contributed by atoms with Crippen molar-refractivity contribution in [3.8, 4) is 0 Å². The first-order valence-corrected chi connectivity index (χ1v) is 11.2. The largest absolute Gasteiger partial charge is 0.378 e. The molecular formula is C23H27Cl2N3O2. The Morgan fingerprint density at radius 1 is 0.967 bits per heavy atom. The number of ether oxygens (including phenoxy) is 1. The van der Waals surface area contributed by atoms with Crippen LogP contribution in [0.1, 0.15) is 18.4 Å². The second-order valence-electron chi connectivity index (χ2n) is 7.89. The van der Waals surface area contributed by atoms with Crippen LogP contribution in [0.4, 0.5) is 11.4 Å². The SMILES string of the molecule is O=C(Nc1ccc(N2CCOCC2)cc1)C1CCN(Cc2c(Cl)cccc2Cl)CC1. The van der Waals surface area contributed by atoms with Crippen LogP contribution in [0.15, 0.2) is 42.5 Å². The molecular weight excluding hydrogens is 421 g/mol. The number of nitrogens with one attached hydrogen (secondary N) is 1. The van der Waals surface area contributed by atoms with Crippen molar-refractivity contribution in [1.29, 1.82) is 0 Å². The fraction of sp³-hybridized carbons (Fsp3) is 0.435. The third kappa shape index (κ3) is 5.27. The highest BCUT2D eigenvalue weighted by atomic mass is 35.5. The van der Waals surface area contributed by atoms with Crippen molar-refractivity contribution in [2.24, 2.45) is 5.92 Å². The maximum atomic E-state index is 12.7. The van der Waals surface area contributed by atoms with E-state index in [1.165, 1.54) is 5.69 Å². The van der Waals surface area contributed by atoms with Crippen LogP contribution >= 0.6 is 23.2 Å². The summed E-state index contributed by atoms with van der Waals surface area (Å²) in [6, 6.07) is 13.7. The van der Waals surface area contributed by atoms with E-state index < -0.39 is 0 Å². The van der Waals surface area contributed by atoms with Gasteiger partial charge in [-0.1, -0.05) is 29.3 Å². The number of rotatable bonds is 5. The van der Waals surface area contributed by atoms with Crippen LogP contribution in [0, 0.1) is 5.92 Å². The molecule has 2 aliphatic heterocycles. The Balaban J connectivity index is 1.27. The number of nitrogens with zero attached hydrogens (tertiary/aromatic N) is 2. The Kier molecular flexibility index (Phi) is 7.16. The smallest absolute Gasteiger partial charge is 0.227 e. The Hall–Kier alpha value is -1.79. The van der Waals surface area contributed by atoms with E-state index in [0.717, 1.165) is 70.0 Å². The number of carbonyl (C=O) groups excluding carboxylic acids is 1. The van der Waals surface area contributed by atoms with E-state index in [9.17, 15) is 4.79 Å². The number of halogens is 2. The summed E-state index contributed by atoms with van der Waals surface area (Å²) in [5.74, 6) is 0.131. The number of likely N-dealkylation sites (tertiary alicyclic amines) is 1. The van der Waals surface area contributed by atoms with Gasteiger partial charge in [-0.05, 0) is 62.3 Å². The molecule has 2 aromatic rings. The molecule has 4 rings (SSSR count). The van der Waals surface area contributed by atoms with E-state index in [1.54, 1.807) is 0 Å². The molecule has 0 atom stereocenters. The number of piperidine rings is 1. The first-order valence-electron chi connectivity index (χ1n) is 10.5. The molecule has 2 heterocycles. The Morgan fingerprint density at radius 2 is 1.60 bits per heavy atom. The maximum absolute atomic E-state index is 12.7. The molecule has 160 valence electrons. The van der Waals surface area contributed by atoms with Gasteiger partial charge in [0.25, 0.3) is 0 Å². The molecule has 2 saturated heterocycles. The lowest BCUT2D eigenvalue weighted by Crippen LogP contribution is -2.38. The Morgan fingerprint density at radius 3 is 2.23 bits per heavy atom. The number of hydrogen-bond donors (Lipinski definition) is 1. The van der Waals surface area contributed by atoms with Crippen LogP contribution in [-0.4, -0.2) is 50.2 Å². The van der Waals surface area contributed by atoms with Gasteiger partial charge in [-0.15, -0.1) is 0 Å². The number of carbonyl (C=O) groups is 1. The molecule has 0 radical (unpaired) electrons. The Bertz CT molecular complexity index is 841. The lowest BCUT2D eigenvalue weighted by atomic mass is 9.95. The standard InChI is InChI=1S/C23H27Cl2N3O2/c24-21-2-1-3-22(25)20(21)16-27-10-8-17(9-11-27)23(29)26-18-4-6-19(7-5-18)28-12-14-30-15-13-28/h1-7,17H,8-16H2,(H,26,29). The fourth-order valence-electron chi connectivity index (χ4n) is 4.08. The van der Waals surface area contributed by atoms with Crippen molar-refractivity contribution in [2.45, 2.75) is 19.4 Å². The second kappa shape index (κ2) is 10.0. The van der Waals surface area contributed by atoms with Gasteiger partial charge in [-0.3, -0.25) is 9.69 Å². The molecule has 0 aromatic heterocycles. The number of benzene rings is 2. The van der Waals surface area contributed by atoms with Crippen molar-refractivity contribution < 1.29 is 9.53 Å². The van der Waals surface area contributed by atoms with Gasteiger partial charge >= 0.3 is 0 Å². The average molecular weight is 448 g/mol. The molecule has 7 heteroatoms. The molecule has 5 nitrogen and oxygen atoms in total. The van der Waals surface area contributed by atoms with Crippen LogP contribution in [0.5, 0.6) is 0 Å². The maximum Gasteiger partial charge on any atom is 0.227 e. The minimum absolute atomic E-state index is 0.0295. The quantitative estimate of drug-likeness (QED) is 0.722. The van der Waals surface area contributed by atoms with Crippen molar-refractivity contribution >= 4 is 40.5 Å². The van der Waals surface area contributed by atoms with E-state index in [0.29, 0.717) is 10.0 Å². The van der Waals surface area contributed by atoms with Crippen LogP contribution in [0.25, 0.3) is 0 Å². The zero-order chi connectivity index (χ0) is 20.9. The number of amides is 1. The van der Waals surface area contributed by atoms with Gasteiger partial charge in [-0.2, -0.15) is 0 Å². The van der Waals surface area contributed by atoms with Crippen molar-refractivity contribution in [3.63, 3.8) is 0 Å². The normalized spacial score (nSPS) is 18.4. The average Bonchev–Trinajstić information content (AvgIpc) is 2.78. The molecule has 2 aliphatic rings. The van der Waals surface area contributed by atoms with Crippen molar-refractivity contribution in [2.75, 3.05) is 49.6 Å². The van der Waals surface area contributed by atoms with E-state index in [4.69, 9.17) is 27.9 Å². The molecule has 2 aromatic carbocycles. The van der Waals surface area contributed by atoms with Crippen LogP contribution in [0.3, 0.4) is 0 Å². The second-order valence-corrected chi connectivity index (χ2v) is 8.70. The molecule has 0 unspecified atom stereocenters. The van der Waals surface area contributed by atoms with E-state index in [2.05, 4.69) is 27.2 Å². The highest BCUT2D eigenvalue weighted by molar-refractivity contribution is 6.35. The molecule has 1 N–H and O–H groups in total. The predicted molar refractivity (Wildman–Crippen MR) is 123 cm³/mol. The van der Waals surface area contributed by atoms with Crippen LogP contribution in [0.2, 0.25) is 10.0 Å². The van der Waals surface area contributed by atoms with Crippen molar-refractivity contribution in [3.05, 3.63) is 58.1 Å². The topological polar surface area (TPSA) is 44.8 Å². The third-order valence-corrected chi connectivity index (χ3v) is 6.62. The monoisotopic (exact) mass is 447 g/mol. The summed E-state index contributed by atoms with van der Waals surface area (Å²) in [7, 11) is 0. The highest BCUT2D eigenvalue weighted by Crippen LogP contribution is 2.28. The van der Waals surface area contributed by atoms with Crippen LogP contribution < -0.4 is 10.2 Å². The minimum atomic E-state index is 0.0295. The van der Waals surface area contributed by atoms with Gasteiger partial charge in [0.15, 0.2) is 0 Å². The van der Waals surface area contributed by atoms with E-state index >= 15 is 0 Å². The fourth-order valence-corrected chi connectivity index (χ4v) is 4.60. The molecule has 0 saturated carbocycles. The summed E-state index contributed by atoms with van der Waals surface area (Å²) >= 11 is 12.6. The minimum Gasteiger partial charge on any atom is -0.378 e. The summed E-state index contributed by atoms with van der Waals surface area (Å²) in [6.07, 6.45) is 1.67. The van der Waals surface area contributed by atoms with Crippen LogP contribution in [-0.2, 0) is 16.1 Å². The number of anilines is 2. The first-order chi connectivity index (χ1) is 14.6. The zero-order valence-corrected chi connectivity index (χ0v) is 18.5. The molecule has 0 spiro atoms. The number of hydrogen-bond acceptors (Lipinski definition) is 4. The zero-order valence-electron chi connectivity index (χ0n) is 16.9. The van der Waals surface area contributed by atoms with E-state index in [-0.39, 0.29) is 11.8 Å². The molecule has 30 heavy (non-hydrogen) atoms. The van der Waals surface area contributed by atoms with Gasteiger partial charge < -0.3 is 15.0 Å². The molecule has 1 amide bonds.